The Bertz CT molecular complexity index is 345. The van der Waals surface area contributed by atoms with Crippen LogP contribution in [0.15, 0.2) is 0 Å². The number of hydrogen-bond donors (Lipinski definition) is 2. The first-order valence-electron chi connectivity index (χ1n) is 7.48. The van der Waals surface area contributed by atoms with Gasteiger partial charge in [0.1, 0.15) is 0 Å². The van der Waals surface area contributed by atoms with Crippen LogP contribution in [-0.4, -0.2) is 77.2 Å². The Balaban J connectivity index is 2.39. The Morgan fingerprint density at radius 2 is 1.76 bits per heavy atom. The number of carboxylic acids is 1. The van der Waals surface area contributed by atoms with Crippen LogP contribution < -0.4 is 5.32 Å². The number of urea groups is 1. The average Bonchev–Trinajstić information content (AvgIpc) is 2.49. The van der Waals surface area contributed by atoms with Gasteiger partial charge < -0.3 is 15.3 Å². The highest BCUT2D eigenvalue weighted by Gasteiger charge is 2.27. The molecule has 2 amide bonds. The van der Waals surface area contributed by atoms with E-state index in [0.29, 0.717) is 32.7 Å². The summed E-state index contributed by atoms with van der Waals surface area (Å²) in [6.45, 7) is 7.44. The second-order valence-corrected chi connectivity index (χ2v) is 6.68. The molecule has 0 atom stereocenters. The molecular weight excluding hydrogens is 290 g/mol. The third-order valence-corrected chi connectivity index (χ3v) is 5.89. The largest absolute Gasteiger partial charge is 0.480 e. The van der Waals surface area contributed by atoms with Crippen LogP contribution in [0.5, 0.6) is 0 Å². The van der Waals surface area contributed by atoms with Crippen LogP contribution in [0.4, 0.5) is 4.79 Å². The van der Waals surface area contributed by atoms with Gasteiger partial charge in [-0.1, -0.05) is 13.8 Å². The fourth-order valence-electron chi connectivity index (χ4n) is 2.51. The van der Waals surface area contributed by atoms with Crippen LogP contribution >= 0.6 is 11.8 Å². The lowest BCUT2D eigenvalue weighted by Crippen LogP contribution is -2.54. The lowest BCUT2D eigenvalue weighted by atomic mass is 10.0. The molecule has 1 heterocycles. The van der Waals surface area contributed by atoms with Crippen molar-refractivity contribution >= 4 is 23.8 Å². The van der Waals surface area contributed by atoms with E-state index < -0.39 is 5.97 Å². The van der Waals surface area contributed by atoms with Crippen molar-refractivity contribution in [1.29, 1.82) is 0 Å². The smallest absolute Gasteiger partial charge is 0.317 e. The zero-order chi connectivity index (χ0) is 15.9. The predicted octanol–water partition coefficient (Wildman–Crippen LogP) is 1.32. The van der Waals surface area contributed by atoms with Crippen molar-refractivity contribution < 1.29 is 14.7 Å². The highest BCUT2D eigenvalue weighted by atomic mass is 32.2. The van der Waals surface area contributed by atoms with E-state index in [2.05, 4.69) is 25.4 Å². The van der Waals surface area contributed by atoms with Crippen LogP contribution in [0.1, 0.15) is 26.7 Å². The number of nitrogens with zero attached hydrogens (tertiary/aromatic N) is 2. The molecule has 1 saturated heterocycles. The average molecular weight is 317 g/mol. The summed E-state index contributed by atoms with van der Waals surface area (Å²) in [5.41, 5.74) is 0. The topological polar surface area (TPSA) is 72.9 Å². The van der Waals surface area contributed by atoms with Crippen LogP contribution in [0.25, 0.3) is 0 Å². The lowest BCUT2D eigenvalue weighted by molar-refractivity contribution is -0.138. The number of rotatable bonds is 7. The molecule has 6 nitrogen and oxygen atoms in total. The molecule has 122 valence electrons. The Labute approximate surface area is 131 Å². The standard InChI is InChI=1S/C14H27N3O3S/c1-4-14(5-2,21-3)11-15-13(20)17-8-6-16(7-9-17)10-12(18)19/h4-11H2,1-3H3,(H,15,20)(H,18,19). The first kappa shape index (κ1) is 18.1. The van der Waals surface area contributed by atoms with Gasteiger partial charge in [0.15, 0.2) is 0 Å². The minimum atomic E-state index is -0.816. The highest BCUT2D eigenvalue weighted by Crippen LogP contribution is 2.29. The van der Waals surface area contributed by atoms with Crippen molar-refractivity contribution in [1.82, 2.24) is 15.1 Å². The van der Waals surface area contributed by atoms with E-state index in [-0.39, 0.29) is 17.3 Å². The maximum atomic E-state index is 12.2. The molecular formula is C14H27N3O3S. The van der Waals surface area contributed by atoms with E-state index in [1.165, 1.54) is 0 Å². The molecule has 21 heavy (non-hydrogen) atoms. The number of hydrogen-bond acceptors (Lipinski definition) is 4. The summed E-state index contributed by atoms with van der Waals surface area (Å²) in [6, 6.07) is -0.0368. The van der Waals surface area contributed by atoms with Crippen LogP contribution in [0.2, 0.25) is 0 Å². The normalized spacial score (nSPS) is 16.8. The molecule has 0 radical (unpaired) electrons. The number of aliphatic carboxylic acids is 1. The maximum Gasteiger partial charge on any atom is 0.317 e. The maximum absolute atomic E-state index is 12.2. The molecule has 0 aromatic rings. The molecule has 0 aromatic carbocycles. The molecule has 1 fully saturated rings. The number of carboxylic acid groups (broad SMARTS) is 1. The van der Waals surface area contributed by atoms with Gasteiger partial charge in [0, 0.05) is 37.5 Å². The molecule has 1 rings (SSSR count). The zero-order valence-electron chi connectivity index (χ0n) is 13.2. The minimum absolute atomic E-state index is 0.0368. The summed E-state index contributed by atoms with van der Waals surface area (Å²) in [7, 11) is 0. The van der Waals surface area contributed by atoms with Crippen LogP contribution in [0, 0.1) is 0 Å². The summed E-state index contributed by atoms with van der Waals surface area (Å²) in [6.07, 6.45) is 4.14. The Morgan fingerprint density at radius 1 is 1.19 bits per heavy atom. The van der Waals surface area contributed by atoms with E-state index >= 15 is 0 Å². The molecule has 1 aliphatic heterocycles. The third-order valence-electron chi connectivity index (χ3n) is 4.30. The molecule has 0 bridgehead atoms. The van der Waals surface area contributed by atoms with Crippen molar-refractivity contribution in [3.63, 3.8) is 0 Å². The molecule has 0 aromatic heterocycles. The van der Waals surface area contributed by atoms with Gasteiger partial charge in [-0.3, -0.25) is 9.69 Å². The molecule has 1 aliphatic rings. The van der Waals surface area contributed by atoms with Gasteiger partial charge in [-0.05, 0) is 19.1 Å². The van der Waals surface area contributed by atoms with Crippen LogP contribution in [0.3, 0.4) is 0 Å². The SMILES string of the molecule is CCC(CC)(CNC(=O)N1CCN(CC(=O)O)CC1)SC. The second-order valence-electron chi connectivity index (χ2n) is 5.41. The number of nitrogens with one attached hydrogen (secondary N) is 1. The van der Waals surface area contributed by atoms with Crippen molar-refractivity contribution in [3.8, 4) is 0 Å². The van der Waals surface area contributed by atoms with E-state index in [0.717, 1.165) is 12.8 Å². The quantitative estimate of drug-likeness (QED) is 0.741. The summed E-state index contributed by atoms with van der Waals surface area (Å²) < 4.78 is 0.112. The van der Waals surface area contributed by atoms with Crippen molar-refractivity contribution in [2.24, 2.45) is 0 Å². The van der Waals surface area contributed by atoms with Gasteiger partial charge in [-0.15, -0.1) is 0 Å². The lowest BCUT2D eigenvalue weighted by Gasteiger charge is -2.35. The first-order valence-corrected chi connectivity index (χ1v) is 8.71. The molecule has 0 saturated carbocycles. The van der Waals surface area contributed by atoms with Gasteiger partial charge in [0.05, 0.1) is 6.54 Å². The number of thioether (sulfide) groups is 1. The Kier molecular flexibility index (Phi) is 7.31. The summed E-state index contributed by atoms with van der Waals surface area (Å²) in [5.74, 6) is -0.816. The second kappa shape index (κ2) is 8.48. The summed E-state index contributed by atoms with van der Waals surface area (Å²) in [5, 5.41) is 11.8. The van der Waals surface area contributed by atoms with Crippen LogP contribution in [-0.2, 0) is 4.79 Å². The third kappa shape index (κ3) is 5.39. The van der Waals surface area contributed by atoms with Gasteiger partial charge in [-0.2, -0.15) is 11.8 Å². The summed E-state index contributed by atoms with van der Waals surface area (Å²) >= 11 is 1.81. The van der Waals surface area contributed by atoms with E-state index in [9.17, 15) is 9.59 Å². The van der Waals surface area contributed by atoms with Gasteiger partial charge in [0.2, 0.25) is 0 Å². The number of amides is 2. The van der Waals surface area contributed by atoms with E-state index in [1.807, 2.05) is 4.90 Å². The van der Waals surface area contributed by atoms with E-state index in [1.54, 1.807) is 16.7 Å². The van der Waals surface area contributed by atoms with Crippen molar-refractivity contribution in [2.75, 3.05) is 45.5 Å². The predicted molar refractivity (Wildman–Crippen MR) is 85.9 cm³/mol. The first-order chi connectivity index (χ1) is 9.96. The molecule has 7 heteroatoms. The molecule has 2 N–H and O–H groups in total. The molecule has 0 unspecified atom stereocenters. The number of piperazine rings is 1. The highest BCUT2D eigenvalue weighted by molar-refractivity contribution is 8.00. The Hall–Kier alpha value is -0.950. The minimum Gasteiger partial charge on any atom is -0.480 e. The fraction of sp³-hybridized carbons (Fsp3) is 0.857. The monoisotopic (exact) mass is 317 g/mol. The number of carbonyl (C=O) groups is 2. The van der Waals surface area contributed by atoms with Gasteiger partial charge in [0.25, 0.3) is 0 Å². The van der Waals surface area contributed by atoms with E-state index in [4.69, 9.17) is 5.11 Å². The fourth-order valence-corrected chi connectivity index (χ4v) is 3.30. The van der Waals surface area contributed by atoms with Crippen molar-refractivity contribution in [2.45, 2.75) is 31.4 Å². The Morgan fingerprint density at radius 3 is 2.19 bits per heavy atom. The molecule has 0 aliphatic carbocycles. The van der Waals surface area contributed by atoms with Gasteiger partial charge in [-0.25, -0.2) is 4.79 Å². The molecule has 0 spiro atoms. The van der Waals surface area contributed by atoms with Crippen molar-refractivity contribution in [3.05, 3.63) is 0 Å². The summed E-state index contributed by atoms with van der Waals surface area (Å²) in [4.78, 5) is 26.5. The zero-order valence-corrected chi connectivity index (χ0v) is 14.0. The van der Waals surface area contributed by atoms with Gasteiger partial charge >= 0.3 is 12.0 Å². The number of carbonyl (C=O) groups excluding carboxylic acids is 1.